The van der Waals surface area contributed by atoms with Crippen LogP contribution >= 0.6 is 24.0 Å². The number of aliphatic imine (C=N–C) groups is 1. The van der Waals surface area contributed by atoms with Crippen LogP contribution in [0.4, 0.5) is 17.6 Å². The summed E-state index contributed by atoms with van der Waals surface area (Å²) in [6, 6.07) is 3.89. The first-order chi connectivity index (χ1) is 11.8. The minimum atomic E-state index is -4.20. The minimum Gasteiger partial charge on any atom is -0.505 e. The summed E-state index contributed by atoms with van der Waals surface area (Å²) in [5.41, 5.74) is 0.581. The van der Waals surface area contributed by atoms with Crippen molar-refractivity contribution in [1.82, 2.24) is 15.5 Å². The molecule has 1 fully saturated rings. The van der Waals surface area contributed by atoms with Crippen molar-refractivity contribution in [3.05, 3.63) is 29.6 Å². The molecule has 1 atom stereocenters. The van der Waals surface area contributed by atoms with Gasteiger partial charge in [0.15, 0.2) is 17.5 Å². The molecule has 148 valence electrons. The molecule has 0 amide bonds. The van der Waals surface area contributed by atoms with Crippen LogP contribution in [0, 0.1) is 5.82 Å². The predicted octanol–water partition coefficient (Wildman–Crippen LogP) is 2.84. The monoisotopic (exact) mass is 490 g/mol. The summed E-state index contributed by atoms with van der Waals surface area (Å²) >= 11 is 0. The zero-order chi connectivity index (χ0) is 18.4. The Balaban J connectivity index is 0.00000338. The van der Waals surface area contributed by atoms with Gasteiger partial charge in [-0.25, -0.2) is 9.38 Å². The Bertz CT molecular complexity index is 612. The predicted molar refractivity (Wildman–Crippen MR) is 102 cm³/mol. The number of hydrogen-bond acceptors (Lipinski definition) is 3. The molecule has 3 N–H and O–H groups in total. The first kappa shape index (κ1) is 22.7. The van der Waals surface area contributed by atoms with Crippen molar-refractivity contribution in [2.24, 2.45) is 4.99 Å². The average molecular weight is 490 g/mol. The van der Waals surface area contributed by atoms with Crippen molar-refractivity contribution in [3.8, 4) is 5.75 Å². The summed E-state index contributed by atoms with van der Waals surface area (Å²) in [4.78, 5) is 5.68. The van der Waals surface area contributed by atoms with E-state index in [1.54, 1.807) is 6.07 Å². The van der Waals surface area contributed by atoms with Crippen molar-refractivity contribution >= 4 is 29.9 Å². The number of phenols is 1. The molecule has 1 aromatic carbocycles. The highest BCUT2D eigenvalue weighted by atomic mass is 127. The van der Waals surface area contributed by atoms with Gasteiger partial charge in [0.2, 0.25) is 0 Å². The van der Waals surface area contributed by atoms with Gasteiger partial charge in [0.25, 0.3) is 0 Å². The van der Waals surface area contributed by atoms with Crippen molar-refractivity contribution in [2.45, 2.75) is 32.1 Å². The topological polar surface area (TPSA) is 59.9 Å². The van der Waals surface area contributed by atoms with Gasteiger partial charge in [0.05, 0.1) is 13.1 Å². The number of benzene rings is 1. The minimum absolute atomic E-state index is 0. The van der Waals surface area contributed by atoms with E-state index < -0.39 is 24.3 Å². The van der Waals surface area contributed by atoms with E-state index in [9.17, 15) is 22.7 Å². The number of alkyl halides is 3. The second-order valence-electron chi connectivity index (χ2n) is 5.96. The number of hydrogen-bond donors (Lipinski definition) is 3. The number of nitrogens with one attached hydrogen (secondary N) is 2. The highest BCUT2D eigenvalue weighted by Crippen LogP contribution is 2.20. The highest BCUT2D eigenvalue weighted by molar-refractivity contribution is 14.0. The lowest BCUT2D eigenvalue weighted by Gasteiger charge is -2.19. The van der Waals surface area contributed by atoms with Crippen molar-refractivity contribution in [3.63, 3.8) is 0 Å². The van der Waals surface area contributed by atoms with Crippen LogP contribution in [0.1, 0.15) is 18.9 Å². The molecule has 0 radical (unpaired) electrons. The van der Waals surface area contributed by atoms with Crippen LogP contribution in [-0.2, 0) is 6.54 Å². The van der Waals surface area contributed by atoms with E-state index in [0.717, 1.165) is 0 Å². The van der Waals surface area contributed by atoms with Crippen LogP contribution in [0.3, 0.4) is 0 Å². The van der Waals surface area contributed by atoms with Gasteiger partial charge in [-0.05, 0) is 31.0 Å². The van der Waals surface area contributed by atoms with Gasteiger partial charge in [-0.3, -0.25) is 4.90 Å². The van der Waals surface area contributed by atoms with E-state index in [4.69, 9.17) is 0 Å². The van der Waals surface area contributed by atoms with Crippen LogP contribution in [0.5, 0.6) is 5.75 Å². The molecule has 5 nitrogen and oxygen atoms in total. The molecule has 10 heteroatoms. The Morgan fingerprint density at radius 3 is 2.73 bits per heavy atom. The summed E-state index contributed by atoms with van der Waals surface area (Å²) < 4.78 is 50.7. The maximum absolute atomic E-state index is 13.3. The largest absolute Gasteiger partial charge is 0.505 e. The SMILES string of the molecule is CCNC(=NCc1ccc(O)c(F)c1)NC1CCN(CC(F)(F)F)C1.I. The van der Waals surface area contributed by atoms with E-state index in [1.807, 2.05) is 6.92 Å². The lowest BCUT2D eigenvalue weighted by Crippen LogP contribution is -2.45. The van der Waals surface area contributed by atoms with Gasteiger partial charge < -0.3 is 15.7 Å². The number of rotatable bonds is 5. The Morgan fingerprint density at radius 1 is 1.38 bits per heavy atom. The molecule has 0 spiro atoms. The van der Waals surface area contributed by atoms with Crippen molar-refractivity contribution in [2.75, 3.05) is 26.2 Å². The van der Waals surface area contributed by atoms with Gasteiger partial charge in [-0.2, -0.15) is 13.2 Å². The average Bonchev–Trinajstić information content (AvgIpc) is 2.93. The number of likely N-dealkylation sites (tertiary alicyclic amines) is 1. The van der Waals surface area contributed by atoms with Gasteiger partial charge >= 0.3 is 6.18 Å². The second kappa shape index (κ2) is 10.1. The molecule has 0 saturated carbocycles. The van der Waals surface area contributed by atoms with Gasteiger partial charge in [0, 0.05) is 25.7 Å². The van der Waals surface area contributed by atoms with Crippen LogP contribution in [0.25, 0.3) is 0 Å². The fourth-order valence-electron chi connectivity index (χ4n) is 2.68. The molecule has 1 saturated heterocycles. The summed E-state index contributed by atoms with van der Waals surface area (Å²) in [5, 5.41) is 15.3. The smallest absolute Gasteiger partial charge is 0.401 e. The molecular weight excluding hydrogens is 467 g/mol. The number of guanidine groups is 1. The fourth-order valence-corrected chi connectivity index (χ4v) is 2.68. The molecule has 0 bridgehead atoms. The van der Waals surface area contributed by atoms with Crippen molar-refractivity contribution < 1.29 is 22.7 Å². The summed E-state index contributed by atoms with van der Waals surface area (Å²) in [6.07, 6.45) is -3.61. The number of halogens is 5. The van der Waals surface area contributed by atoms with Crippen LogP contribution < -0.4 is 10.6 Å². The highest BCUT2D eigenvalue weighted by Gasteiger charge is 2.34. The van der Waals surface area contributed by atoms with E-state index in [0.29, 0.717) is 31.0 Å². The molecule has 0 aromatic heterocycles. The third kappa shape index (κ3) is 7.52. The molecule has 1 heterocycles. The summed E-state index contributed by atoms with van der Waals surface area (Å²) in [7, 11) is 0. The van der Waals surface area contributed by atoms with E-state index in [2.05, 4.69) is 15.6 Å². The van der Waals surface area contributed by atoms with Gasteiger partial charge in [-0.15, -0.1) is 24.0 Å². The Hall–Kier alpha value is -1.30. The van der Waals surface area contributed by atoms with Crippen molar-refractivity contribution in [1.29, 1.82) is 0 Å². The van der Waals surface area contributed by atoms with Gasteiger partial charge in [-0.1, -0.05) is 6.07 Å². The molecular formula is C16H23F4IN4O. The quantitative estimate of drug-likeness (QED) is 0.257. The van der Waals surface area contributed by atoms with E-state index in [-0.39, 0.29) is 43.1 Å². The third-order valence-corrected chi connectivity index (χ3v) is 3.79. The lowest BCUT2D eigenvalue weighted by atomic mass is 10.2. The third-order valence-electron chi connectivity index (χ3n) is 3.79. The lowest BCUT2D eigenvalue weighted by molar-refractivity contribution is -0.143. The maximum Gasteiger partial charge on any atom is 0.401 e. The second-order valence-corrected chi connectivity index (χ2v) is 5.96. The Labute approximate surface area is 166 Å². The number of nitrogens with zero attached hydrogens (tertiary/aromatic N) is 2. The normalized spacial score (nSPS) is 18.5. The number of aromatic hydroxyl groups is 1. The zero-order valence-electron chi connectivity index (χ0n) is 14.3. The first-order valence-corrected chi connectivity index (χ1v) is 8.08. The Morgan fingerprint density at radius 2 is 2.12 bits per heavy atom. The van der Waals surface area contributed by atoms with Crippen LogP contribution in [0.2, 0.25) is 0 Å². The summed E-state index contributed by atoms with van der Waals surface area (Å²) in [6.45, 7) is 2.41. The molecule has 1 aromatic rings. The molecule has 2 rings (SSSR count). The standard InChI is InChI=1S/C16H22F4N4O.HI/c1-2-21-15(22-8-11-3-4-14(25)13(17)7-11)23-12-5-6-24(9-12)10-16(18,19)20;/h3-4,7,12,25H,2,5-6,8-10H2,1H3,(H2,21,22,23);1H. The van der Waals surface area contributed by atoms with Gasteiger partial charge in [0.1, 0.15) is 0 Å². The molecule has 1 aliphatic rings. The Kier molecular flexibility index (Phi) is 8.87. The summed E-state index contributed by atoms with van der Waals surface area (Å²) in [5.74, 6) is -0.674. The molecule has 0 aliphatic carbocycles. The zero-order valence-corrected chi connectivity index (χ0v) is 16.6. The van der Waals surface area contributed by atoms with E-state index in [1.165, 1.54) is 17.0 Å². The van der Waals surface area contributed by atoms with Crippen LogP contribution in [0.15, 0.2) is 23.2 Å². The first-order valence-electron chi connectivity index (χ1n) is 8.08. The van der Waals surface area contributed by atoms with Crippen LogP contribution in [-0.4, -0.2) is 54.4 Å². The van der Waals surface area contributed by atoms with E-state index >= 15 is 0 Å². The fraction of sp³-hybridized carbons (Fsp3) is 0.562. The molecule has 26 heavy (non-hydrogen) atoms. The maximum atomic E-state index is 13.3. The molecule has 1 aliphatic heterocycles. The molecule has 1 unspecified atom stereocenters. The number of phenolic OH excluding ortho intramolecular Hbond substituents is 1.